The molecule has 22 heavy (non-hydrogen) atoms. The molecule has 1 aromatic rings. The van der Waals surface area contributed by atoms with Gasteiger partial charge in [-0.25, -0.2) is 0 Å². The van der Waals surface area contributed by atoms with Crippen molar-refractivity contribution >= 4 is 14.4 Å². The number of hydrogen-bond donors (Lipinski definition) is 0. The minimum Gasteiger partial charge on any atom is -0.406 e. The smallest absolute Gasteiger partial charge is 0.193 e. The van der Waals surface area contributed by atoms with Crippen LogP contribution in [0.25, 0.3) is 6.08 Å². The number of benzene rings is 1. The average Bonchev–Trinajstić information content (AvgIpc) is 2.41. The lowest BCUT2D eigenvalue weighted by Gasteiger charge is -2.35. The Kier molecular flexibility index (Phi) is 6.65. The van der Waals surface area contributed by atoms with Gasteiger partial charge in [0.1, 0.15) is 0 Å². The van der Waals surface area contributed by atoms with Crippen LogP contribution >= 0.6 is 0 Å². The van der Waals surface area contributed by atoms with E-state index in [0.717, 1.165) is 5.57 Å². The fourth-order valence-corrected chi connectivity index (χ4v) is 2.51. The number of allylic oxidation sites excluding steroid dienone is 1. The van der Waals surface area contributed by atoms with Crippen LogP contribution in [0.15, 0.2) is 35.9 Å². The molecule has 0 bridgehead atoms. The quantitative estimate of drug-likeness (QED) is 0.508. The van der Waals surface area contributed by atoms with Crippen LogP contribution in [0.1, 0.15) is 40.2 Å². The molecule has 0 heterocycles. The molecule has 0 saturated heterocycles. The minimum absolute atomic E-state index is 0.232. The van der Waals surface area contributed by atoms with Crippen LogP contribution in [0.3, 0.4) is 0 Å². The summed E-state index contributed by atoms with van der Waals surface area (Å²) >= 11 is 0. The minimum atomic E-state index is -1.70. The molecule has 0 unspecified atom stereocenters. The zero-order valence-electron chi connectivity index (χ0n) is 15.2. The Bertz CT molecular complexity index is 551. The van der Waals surface area contributed by atoms with Crippen LogP contribution in [-0.2, 0) is 4.43 Å². The lowest BCUT2D eigenvalue weighted by molar-refractivity contribution is 0.334. The molecule has 0 atom stereocenters. The molecule has 0 aliphatic heterocycles. The standard InChI is InChI=1S/C20H30OSi/c1-17(2)19(16-18-12-9-8-10-13-18)14-11-15-21-22(6,7)20(3,4)5/h8-10,12-13,16-17H,15H2,1-7H3/b19-16-. The summed E-state index contributed by atoms with van der Waals surface area (Å²) in [6, 6.07) is 10.4. The van der Waals surface area contributed by atoms with E-state index < -0.39 is 8.32 Å². The van der Waals surface area contributed by atoms with E-state index in [1.807, 2.05) is 6.07 Å². The maximum absolute atomic E-state index is 6.11. The van der Waals surface area contributed by atoms with Crippen LogP contribution < -0.4 is 0 Å². The first-order chi connectivity index (χ1) is 10.1. The van der Waals surface area contributed by atoms with E-state index in [4.69, 9.17) is 4.43 Å². The van der Waals surface area contributed by atoms with Gasteiger partial charge in [0.2, 0.25) is 0 Å². The first kappa shape index (κ1) is 18.7. The van der Waals surface area contributed by atoms with Crippen molar-refractivity contribution in [1.29, 1.82) is 0 Å². The average molecular weight is 315 g/mol. The van der Waals surface area contributed by atoms with Gasteiger partial charge in [0.15, 0.2) is 8.32 Å². The molecule has 0 aromatic heterocycles. The van der Waals surface area contributed by atoms with Crippen LogP contribution in [0.5, 0.6) is 0 Å². The fraction of sp³-hybridized carbons (Fsp3) is 0.500. The summed E-state index contributed by atoms with van der Waals surface area (Å²) in [5.41, 5.74) is 2.36. The molecule has 0 N–H and O–H groups in total. The Labute approximate surface area is 137 Å². The lowest BCUT2D eigenvalue weighted by Crippen LogP contribution is -2.40. The molecule has 1 rings (SSSR count). The van der Waals surface area contributed by atoms with Gasteiger partial charge in [0, 0.05) is 5.57 Å². The van der Waals surface area contributed by atoms with E-state index in [0.29, 0.717) is 12.5 Å². The highest BCUT2D eigenvalue weighted by atomic mass is 28.4. The molecule has 120 valence electrons. The molecule has 0 saturated carbocycles. The summed E-state index contributed by atoms with van der Waals surface area (Å²) in [7, 11) is -1.70. The maximum atomic E-state index is 6.11. The summed E-state index contributed by atoms with van der Waals surface area (Å²) in [6.45, 7) is 16.2. The van der Waals surface area contributed by atoms with Gasteiger partial charge in [-0.2, -0.15) is 0 Å². The third kappa shape index (κ3) is 5.83. The highest BCUT2D eigenvalue weighted by Crippen LogP contribution is 2.36. The Balaban J connectivity index is 2.77. The second kappa shape index (κ2) is 7.81. The first-order valence-electron chi connectivity index (χ1n) is 8.03. The van der Waals surface area contributed by atoms with Gasteiger partial charge in [0.05, 0.1) is 6.61 Å². The summed E-state index contributed by atoms with van der Waals surface area (Å²) in [6.07, 6.45) is 2.17. The van der Waals surface area contributed by atoms with Gasteiger partial charge >= 0.3 is 0 Å². The molecule has 1 nitrogen and oxygen atoms in total. The molecular formula is C20H30OSi. The predicted molar refractivity (Wildman–Crippen MR) is 100 cm³/mol. The van der Waals surface area contributed by atoms with Gasteiger partial charge in [-0.15, -0.1) is 0 Å². The van der Waals surface area contributed by atoms with Crippen molar-refractivity contribution in [2.75, 3.05) is 6.61 Å². The maximum Gasteiger partial charge on any atom is 0.193 e. The van der Waals surface area contributed by atoms with E-state index in [1.165, 1.54) is 5.56 Å². The second-order valence-corrected chi connectivity index (χ2v) is 12.3. The predicted octanol–water partition coefficient (Wildman–Crippen LogP) is 5.75. The van der Waals surface area contributed by atoms with Gasteiger partial charge in [-0.3, -0.25) is 0 Å². The summed E-state index contributed by atoms with van der Waals surface area (Å²) in [5, 5.41) is 0.232. The molecule has 1 aromatic carbocycles. The number of rotatable bonds is 4. The monoisotopic (exact) mass is 314 g/mol. The molecule has 0 radical (unpaired) electrons. The fourth-order valence-electron chi connectivity index (χ4n) is 1.65. The van der Waals surface area contributed by atoms with Gasteiger partial charge in [-0.1, -0.05) is 76.8 Å². The normalized spacial score (nSPS) is 13.0. The Morgan fingerprint density at radius 3 is 2.27 bits per heavy atom. The molecule has 0 fully saturated rings. The Hall–Kier alpha value is -1.30. The van der Waals surface area contributed by atoms with Crippen molar-refractivity contribution in [3.05, 3.63) is 41.5 Å². The zero-order chi connectivity index (χ0) is 16.8. The third-order valence-electron chi connectivity index (χ3n) is 4.29. The highest BCUT2D eigenvalue weighted by Gasteiger charge is 2.36. The van der Waals surface area contributed by atoms with E-state index in [-0.39, 0.29) is 5.04 Å². The van der Waals surface area contributed by atoms with Crippen LogP contribution in [-0.4, -0.2) is 14.9 Å². The topological polar surface area (TPSA) is 9.23 Å². The van der Waals surface area contributed by atoms with Crippen molar-refractivity contribution in [1.82, 2.24) is 0 Å². The lowest BCUT2D eigenvalue weighted by atomic mass is 10.0. The zero-order valence-corrected chi connectivity index (χ0v) is 16.2. The van der Waals surface area contributed by atoms with Gasteiger partial charge in [0.25, 0.3) is 0 Å². The summed E-state index contributed by atoms with van der Waals surface area (Å²) < 4.78 is 6.11. The van der Waals surface area contributed by atoms with Gasteiger partial charge in [-0.05, 0) is 35.7 Å². The third-order valence-corrected chi connectivity index (χ3v) is 8.77. The first-order valence-corrected chi connectivity index (χ1v) is 10.9. The molecule has 0 aliphatic rings. The van der Waals surface area contributed by atoms with Crippen molar-refractivity contribution in [3.63, 3.8) is 0 Å². The highest BCUT2D eigenvalue weighted by molar-refractivity contribution is 6.74. The van der Waals surface area contributed by atoms with E-state index in [1.54, 1.807) is 0 Å². The van der Waals surface area contributed by atoms with Crippen molar-refractivity contribution < 1.29 is 4.43 Å². The Morgan fingerprint density at radius 2 is 1.77 bits per heavy atom. The molecular weight excluding hydrogens is 284 g/mol. The van der Waals surface area contributed by atoms with Crippen LogP contribution in [0, 0.1) is 17.8 Å². The second-order valence-electron chi connectivity index (χ2n) is 7.52. The number of hydrogen-bond acceptors (Lipinski definition) is 1. The van der Waals surface area contributed by atoms with Gasteiger partial charge < -0.3 is 4.43 Å². The molecule has 0 aliphatic carbocycles. The van der Waals surface area contributed by atoms with Crippen LogP contribution in [0.2, 0.25) is 18.1 Å². The van der Waals surface area contributed by atoms with E-state index in [2.05, 4.69) is 89.9 Å². The largest absolute Gasteiger partial charge is 0.406 e. The molecule has 0 spiro atoms. The summed E-state index contributed by atoms with van der Waals surface area (Å²) in [4.78, 5) is 0. The van der Waals surface area contributed by atoms with Crippen molar-refractivity contribution in [3.8, 4) is 11.8 Å². The van der Waals surface area contributed by atoms with Crippen molar-refractivity contribution in [2.45, 2.75) is 52.8 Å². The van der Waals surface area contributed by atoms with E-state index in [9.17, 15) is 0 Å². The SMILES string of the molecule is CC(C)/C(C#CCO[Si](C)(C)C(C)(C)C)=C\c1ccccc1. The van der Waals surface area contributed by atoms with E-state index >= 15 is 0 Å². The molecule has 0 amide bonds. The van der Waals surface area contributed by atoms with Crippen LogP contribution in [0.4, 0.5) is 0 Å². The van der Waals surface area contributed by atoms with Crippen molar-refractivity contribution in [2.24, 2.45) is 5.92 Å². The Morgan fingerprint density at radius 1 is 1.18 bits per heavy atom. The molecule has 2 heteroatoms. The summed E-state index contributed by atoms with van der Waals surface area (Å²) in [5.74, 6) is 6.93.